The van der Waals surface area contributed by atoms with Crippen LogP contribution < -0.4 is 5.32 Å². The zero-order valence-electron chi connectivity index (χ0n) is 16.0. The summed E-state index contributed by atoms with van der Waals surface area (Å²) < 4.78 is 4.96. The highest BCUT2D eigenvalue weighted by molar-refractivity contribution is 5.99. The minimum absolute atomic E-state index is 0.0346. The lowest BCUT2D eigenvalue weighted by atomic mass is 9.83. The molecule has 1 N–H and O–H groups in total. The fourth-order valence-corrected chi connectivity index (χ4v) is 3.33. The van der Waals surface area contributed by atoms with E-state index >= 15 is 0 Å². The molecule has 0 radical (unpaired) electrons. The van der Waals surface area contributed by atoms with Gasteiger partial charge in [0.15, 0.2) is 12.4 Å². The highest BCUT2D eigenvalue weighted by atomic mass is 16.5. The number of hydrogen-bond acceptors (Lipinski definition) is 5. The number of amides is 1. The number of Topliss-reactive ketones (excluding diaryl/α,β-unsaturated/α-hetero) is 1. The molecule has 0 atom stereocenters. The van der Waals surface area contributed by atoms with Gasteiger partial charge in [-0.05, 0) is 38.3 Å². The molecule has 1 saturated carbocycles. The molecule has 0 heterocycles. The quantitative estimate of drug-likeness (QED) is 0.587. The molecule has 1 amide bonds. The van der Waals surface area contributed by atoms with Crippen LogP contribution in [0.3, 0.4) is 0 Å². The van der Waals surface area contributed by atoms with Gasteiger partial charge in [-0.3, -0.25) is 14.4 Å². The second-order valence-corrected chi connectivity index (χ2v) is 7.20. The van der Waals surface area contributed by atoms with Crippen LogP contribution in [0.15, 0.2) is 18.2 Å². The molecule has 0 saturated heterocycles. The van der Waals surface area contributed by atoms with Gasteiger partial charge in [0.05, 0.1) is 12.5 Å². The third kappa shape index (κ3) is 5.92. The molecule has 1 aliphatic rings. The molecule has 6 nitrogen and oxygen atoms in total. The van der Waals surface area contributed by atoms with Crippen molar-refractivity contribution in [3.05, 3.63) is 34.9 Å². The Morgan fingerprint density at radius 2 is 1.85 bits per heavy atom. The number of nitrogens with one attached hydrogen (secondary N) is 1. The van der Waals surface area contributed by atoms with Gasteiger partial charge in [0, 0.05) is 12.0 Å². The average Bonchev–Trinajstić information content (AvgIpc) is 2.67. The highest BCUT2D eigenvalue weighted by Crippen LogP contribution is 2.27. The third-order valence-electron chi connectivity index (χ3n) is 4.91. The van der Waals surface area contributed by atoms with Crippen LogP contribution >= 0.6 is 0 Å². The summed E-state index contributed by atoms with van der Waals surface area (Å²) in [5.74, 6) is -1.20. The Balaban J connectivity index is 1.77. The molecule has 1 aromatic carbocycles. The smallest absolute Gasteiger partial charge is 0.306 e. The SMILES string of the molecule is Cc1ccc(C)c(C(=O)CCC(=O)OCC(=O)NC2(C#N)CCCCC2)c1. The molecule has 6 heteroatoms. The number of rotatable bonds is 7. The van der Waals surface area contributed by atoms with Crippen LogP contribution in [0.5, 0.6) is 0 Å². The Morgan fingerprint density at radius 3 is 2.52 bits per heavy atom. The van der Waals surface area contributed by atoms with Crippen LogP contribution in [0.1, 0.15) is 66.4 Å². The fraction of sp³-hybridized carbons (Fsp3) is 0.524. The number of benzene rings is 1. The highest BCUT2D eigenvalue weighted by Gasteiger charge is 2.33. The van der Waals surface area contributed by atoms with E-state index in [0.717, 1.165) is 30.4 Å². The van der Waals surface area contributed by atoms with Crippen molar-refractivity contribution in [3.63, 3.8) is 0 Å². The Bertz CT molecular complexity index is 758. The Kier molecular flexibility index (Phi) is 7.12. The summed E-state index contributed by atoms with van der Waals surface area (Å²) >= 11 is 0. The van der Waals surface area contributed by atoms with E-state index < -0.39 is 24.0 Å². The van der Waals surface area contributed by atoms with Crippen LogP contribution in [-0.4, -0.2) is 29.8 Å². The van der Waals surface area contributed by atoms with E-state index in [1.807, 2.05) is 32.0 Å². The molecule has 0 bridgehead atoms. The predicted molar refractivity (Wildman–Crippen MR) is 100 cm³/mol. The molecule has 1 aliphatic carbocycles. The predicted octanol–water partition coefficient (Wildman–Crippen LogP) is 3.15. The number of ketones is 1. The summed E-state index contributed by atoms with van der Waals surface area (Å²) in [6.07, 6.45) is 4.04. The van der Waals surface area contributed by atoms with Gasteiger partial charge < -0.3 is 10.1 Å². The van der Waals surface area contributed by atoms with Gasteiger partial charge in [0.25, 0.3) is 5.91 Å². The topological polar surface area (TPSA) is 96.3 Å². The summed E-state index contributed by atoms with van der Waals surface area (Å²) in [6, 6.07) is 7.80. The van der Waals surface area contributed by atoms with Crippen molar-refractivity contribution in [2.75, 3.05) is 6.61 Å². The van der Waals surface area contributed by atoms with Gasteiger partial charge in [0.2, 0.25) is 0 Å². The molecule has 1 fully saturated rings. The van der Waals surface area contributed by atoms with Crippen LogP contribution in [0, 0.1) is 25.2 Å². The molecular formula is C21H26N2O4. The second-order valence-electron chi connectivity index (χ2n) is 7.20. The van der Waals surface area contributed by atoms with E-state index in [2.05, 4.69) is 11.4 Å². The number of esters is 1. The van der Waals surface area contributed by atoms with Crippen molar-refractivity contribution in [3.8, 4) is 6.07 Å². The molecule has 0 aliphatic heterocycles. The van der Waals surface area contributed by atoms with Crippen molar-refractivity contribution in [2.24, 2.45) is 0 Å². The van der Waals surface area contributed by atoms with Gasteiger partial charge in [-0.25, -0.2) is 0 Å². The lowest BCUT2D eigenvalue weighted by molar-refractivity contribution is -0.148. The van der Waals surface area contributed by atoms with Crippen LogP contribution in [0.2, 0.25) is 0 Å². The molecule has 27 heavy (non-hydrogen) atoms. The Hall–Kier alpha value is -2.68. The van der Waals surface area contributed by atoms with Crippen molar-refractivity contribution in [1.82, 2.24) is 5.32 Å². The summed E-state index contributed by atoms with van der Waals surface area (Å²) in [4.78, 5) is 36.2. The van der Waals surface area contributed by atoms with Gasteiger partial charge in [-0.2, -0.15) is 5.26 Å². The Labute approximate surface area is 159 Å². The number of hydrogen-bond donors (Lipinski definition) is 1. The number of carbonyl (C=O) groups excluding carboxylic acids is 3. The summed E-state index contributed by atoms with van der Waals surface area (Å²) in [5.41, 5.74) is 1.61. The van der Waals surface area contributed by atoms with E-state index in [1.165, 1.54) is 0 Å². The number of carbonyl (C=O) groups is 3. The molecule has 144 valence electrons. The number of ether oxygens (including phenoxy) is 1. The number of nitriles is 1. The first kappa shape index (κ1) is 20.6. The van der Waals surface area contributed by atoms with E-state index in [0.29, 0.717) is 18.4 Å². The van der Waals surface area contributed by atoms with Gasteiger partial charge in [-0.15, -0.1) is 0 Å². The maximum Gasteiger partial charge on any atom is 0.306 e. The number of aryl methyl sites for hydroxylation is 2. The van der Waals surface area contributed by atoms with Gasteiger partial charge in [-0.1, -0.05) is 37.0 Å². The second kappa shape index (κ2) is 9.31. The maximum atomic E-state index is 12.3. The zero-order chi connectivity index (χ0) is 19.9. The first-order valence-electron chi connectivity index (χ1n) is 9.33. The normalized spacial score (nSPS) is 15.4. The first-order valence-corrected chi connectivity index (χ1v) is 9.33. The van der Waals surface area contributed by atoms with Crippen LogP contribution in [-0.2, 0) is 14.3 Å². The summed E-state index contributed by atoms with van der Waals surface area (Å²) in [5, 5.41) is 12.1. The Morgan fingerprint density at radius 1 is 1.15 bits per heavy atom. The summed E-state index contributed by atoms with van der Waals surface area (Å²) in [7, 11) is 0. The molecule has 0 unspecified atom stereocenters. The van der Waals surface area contributed by atoms with E-state index in [1.54, 1.807) is 0 Å². The lowest BCUT2D eigenvalue weighted by Gasteiger charge is -2.31. The minimum Gasteiger partial charge on any atom is -0.456 e. The lowest BCUT2D eigenvalue weighted by Crippen LogP contribution is -2.50. The van der Waals surface area contributed by atoms with Crippen LogP contribution in [0.25, 0.3) is 0 Å². The fourth-order valence-electron chi connectivity index (χ4n) is 3.33. The molecule has 1 aromatic rings. The van der Waals surface area contributed by atoms with Crippen molar-refractivity contribution in [1.29, 1.82) is 5.26 Å². The first-order chi connectivity index (χ1) is 12.8. The molecule has 0 spiro atoms. The number of nitrogens with zero attached hydrogens (tertiary/aromatic N) is 1. The summed E-state index contributed by atoms with van der Waals surface area (Å²) in [6.45, 7) is 3.33. The minimum atomic E-state index is -0.847. The largest absolute Gasteiger partial charge is 0.456 e. The van der Waals surface area contributed by atoms with Crippen LogP contribution in [0.4, 0.5) is 0 Å². The maximum absolute atomic E-state index is 12.3. The zero-order valence-corrected chi connectivity index (χ0v) is 16.0. The standard InChI is InChI=1S/C21H26N2O4/c1-15-6-7-16(2)17(12-15)18(24)8-9-20(26)27-13-19(25)23-21(14-22)10-4-3-5-11-21/h6-7,12H,3-5,8-11,13H2,1-2H3,(H,23,25). The molecule has 2 rings (SSSR count). The molecule has 0 aromatic heterocycles. The molecular weight excluding hydrogens is 344 g/mol. The van der Waals surface area contributed by atoms with E-state index in [4.69, 9.17) is 4.74 Å². The van der Waals surface area contributed by atoms with Crippen molar-refractivity contribution in [2.45, 2.75) is 64.3 Å². The van der Waals surface area contributed by atoms with Gasteiger partial charge >= 0.3 is 5.97 Å². The monoisotopic (exact) mass is 370 g/mol. The van der Waals surface area contributed by atoms with Crippen molar-refractivity contribution < 1.29 is 19.1 Å². The van der Waals surface area contributed by atoms with Gasteiger partial charge in [0.1, 0.15) is 5.54 Å². The van der Waals surface area contributed by atoms with E-state index in [-0.39, 0.29) is 18.6 Å². The van der Waals surface area contributed by atoms with E-state index in [9.17, 15) is 19.6 Å². The average molecular weight is 370 g/mol. The van der Waals surface area contributed by atoms with Crippen molar-refractivity contribution >= 4 is 17.7 Å². The third-order valence-corrected chi connectivity index (χ3v) is 4.91.